The number of para-hydroxylation sites is 2. The maximum Gasteiger partial charge on any atom is 0.250 e. The van der Waals surface area contributed by atoms with E-state index in [-0.39, 0.29) is 0 Å². The van der Waals surface area contributed by atoms with Crippen LogP contribution in [-0.2, 0) is 0 Å². The summed E-state index contributed by atoms with van der Waals surface area (Å²) in [7, 11) is 4.16. The zero-order valence-electron chi connectivity index (χ0n) is 13.8. The molecular weight excluding hydrogens is 286 g/mol. The van der Waals surface area contributed by atoms with E-state index >= 15 is 0 Å². The normalized spacial score (nSPS) is 11.3. The molecule has 0 aliphatic carbocycles. The quantitative estimate of drug-likeness (QED) is 0.562. The predicted molar refractivity (Wildman–Crippen MR) is 92.6 cm³/mol. The molecule has 2 aromatic heterocycles. The number of aryl methyl sites for hydroxylation is 1. The third-order valence-electron chi connectivity index (χ3n) is 4.05. The largest absolute Gasteiger partial charge is 0.309 e. The fraction of sp³-hybridized carbons (Fsp3) is 0.333. The van der Waals surface area contributed by atoms with Crippen LogP contribution in [0.4, 0.5) is 5.82 Å². The van der Waals surface area contributed by atoms with Crippen molar-refractivity contribution in [1.29, 1.82) is 5.26 Å². The molecule has 0 radical (unpaired) electrons. The second kappa shape index (κ2) is 6.27. The van der Waals surface area contributed by atoms with Gasteiger partial charge in [-0.2, -0.15) is 9.66 Å². The van der Waals surface area contributed by atoms with Crippen LogP contribution in [0, 0.1) is 18.3 Å². The molecule has 1 aromatic carbocycles. The molecule has 0 bridgehead atoms. The second-order valence-corrected chi connectivity index (χ2v) is 6.11. The van der Waals surface area contributed by atoms with E-state index in [0.29, 0.717) is 5.56 Å². The van der Waals surface area contributed by atoms with Crippen molar-refractivity contribution in [3.8, 4) is 6.07 Å². The van der Waals surface area contributed by atoms with Crippen molar-refractivity contribution in [3.63, 3.8) is 0 Å². The number of aromatic amines is 1. The van der Waals surface area contributed by atoms with Gasteiger partial charge in [0.2, 0.25) is 11.5 Å². The van der Waals surface area contributed by atoms with Gasteiger partial charge in [0.25, 0.3) is 0 Å². The maximum atomic E-state index is 9.50. The molecule has 0 unspecified atom stereocenters. The highest BCUT2D eigenvalue weighted by Gasteiger charge is 2.19. The Morgan fingerprint density at radius 3 is 2.83 bits per heavy atom. The molecule has 0 aliphatic heterocycles. The molecule has 23 heavy (non-hydrogen) atoms. The first-order chi connectivity index (χ1) is 11.1. The molecule has 0 atom stereocenters. The third kappa shape index (κ3) is 2.86. The number of nitrogens with one attached hydrogen (secondary N) is 2. The first-order valence-corrected chi connectivity index (χ1v) is 7.86. The highest BCUT2D eigenvalue weighted by atomic mass is 15.1. The smallest absolute Gasteiger partial charge is 0.250 e. The molecule has 3 rings (SSSR count). The van der Waals surface area contributed by atoms with Gasteiger partial charge in [-0.25, -0.2) is 0 Å². The van der Waals surface area contributed by atoms with E-state index in [2.05, 4.69) is 51.9 Å². The van der Waals surface area contributed by atoms with E-state index < -0.39 is 0 Å². The number of H-pyrrole nitrogens is 1. The Bertz CT molecular complexity index is 886. The standard InChI is InChI=1S/C18H21N5/c1-13-11-17(20-9-6-10-22(2)3)23-16-8-5-4-7-15(16)21-18(23)14(13)12-19/h4-5,7-8,11H,6,9-10H2,1-3H3,(H,20,21)/p+1. The Morgan fingerprint density at radius 1 is 1.30 bits per heavy atom. The summed E-state index contributed by atoms with van der Waals surface area (Å²) < 4.78 is 2.11. The van der Waals surface area contributed by atoms with E-state index in [1.807, 2.05) is 25.1 Å². The molecule has 0 spiro atoms. The number of fused-ring (bicyclic) bond motifs is 3. The van der Waals surface area contributed by atoms with Gasteiger partial charge in [-0.3, -0.25) is 4.98 Å². The van der Waals surface area contributed by atoms with Gasteiger partial charge in [-0.05, 0) is 45.1 Å². The lowest BCUT2D eigenvalue weighted by Gasteiger charge is -2.09. The van der Waals surface area contributed by atoms with Crippen molar-refractivity contribution < 1.29 is 4.40 Å². The fourth-order valence-corrected chi connectivity index (χ4v) is 2.91. The molecule has 5 heteroatoms. The minimum atomic E-state index is 0.694. The van der Waals surface area contributed by atoms with Crippen molar-refractivity contribution >= 4 is 22.5 Å². The molecular formula is C18H22N5+. The van der Waals surface area contributed by atoms with E-state index in [1.165, 1.54) is 0 Å². The van der Waals surface area contributed by atoms with E-state index in [0.717, 1.165) is 47.6 Å². The molecule has 0 amide bonds. The molecule has 5 nitrogen and oxygen atoms in total. The lowest BCUT2D eigenvalue weighted by Crippen LogP contribution is -2.28. The number of aromatic nitrogens is 2. The summed E-state index contributed by atoms with van der Waals surface area (Å²) >= 11 is 0. The van der Waals surface area contributed by atoms with Crippen LogP contribution in [0.2, 0.25) is 0 Å². The van der Waals surface area contributed by atoms with Crippen molar-refractivity contribution in [1.82, 2.24) is 9.88 Å². The number of nitrogens with zero attached hydrogens (tertiary/aromatic N) is 3. The Hall–Kier alpha value is -2.58. The minimum Gasteiger partial charge on any atom is -0.309 e. The average molecular weight is 308 g/mol. The van der Waals surface area contributed by atoms with Crippen LogP contribution in [0.1, 0.15) is 17.5 Å². The predicted octanol–water partition coefficient (Wildman–Crippen LogP) is 2.45. The first kappa shape index (κ1) is 15.3. The van der Waals surface area contributed by atoms with Crippen LogP contribution >= 0.6 is 0 Å². The molecule has 0 saturated carbocycles. The number of nitriles is 1. The lowest BCUT2D eigenvalue weighted by molar-refractivity contribution is -0.465. The van der Waals surface area contributed by atoms with Gasteiger partial charge in [0.1, 0.15) is 22.7 Å². The van der Waals surface area contributed by atoms with Crippen molar-refractivity contribution in [2.24, 2.45) is 0 Å². The maximum absolute atomic E-state index is 9.50. The van der Waals surface area contributed by atoms with Crippen LogP contribution in [0.25, 0.3) is 16.7 Å². The van der Waals surface area contributed by atoms with Crippen LogP contribution in [0.15, 0.2) is 30.3 Å². The zero-order chi connectivity index (χ0) is 16.4. The van der Waals surface area contributed by atoms with Crippen molar-refractivity contribution in [2.45, 2.75) is 13.3 Å². The summed E-state index contributed by atoms with van der Waals surface area (Å²) in [5.74, 6) is 1.02. The second-order valence-electron chi connectivity index (χ2n) is 6.11. The first-order valence-electron chi connectivity index (χ1n) is 7.86. The summed E-state index contributed by atoms with van der Waals surface area (Å²) in [5.41, 5.74) is 4.64. The number of rotatable bonds is 5. The topological polar surface area (TPSA) is 58.9 Å². The summed E-state index contributed by atoms with van der Waals surface area (Å²) in [4.78, 5) is 5.56. The fourth-order valence-electron chi connectivity index (χ4n) is 2.91. The number of pyridine rings is 1. The Balaban J connectivity index is 2.08. The number of hydrogen-bond acceptors (Lipinski definition) is 3. The minimum absolute atomic E-state index is 0.694. The molecule has 0 fully saturated rings. The van der Waals surface area contributed by atoms with Crippen LogP contribution in [0.3, 0.4) is 0 Å². The molecule has 118 valence electrons. The van der Waals surface area contributed by atoms with Gasteiger partial charge in [0.15, 0.2) is 0 Å². The summed E-state index contributed by atoms with van der Waals surface area (Å²) in [6.45, 7) is 3.92. The monoisotopic (exact) mass is 308 g/mol. The van der Waals surface area contributed by atoms with E-state index in [4.69, 9.17) is 0 Å². The average Bonchev–Trinajstić information content (AvgIpc) is 2.90. The Morgan fingerprint density at radius 2 is 2.09 bits per heavy atom. The number of hydrogen-bond donors (Lipinski definition) is 2. The Labute approximate surface area is 136 Å². The zero-order valence-corrected chi connectivity index (χ0v) is 13.8. The number of imidazole rings is 1. The highest BCUT2D eigenvalue weighted by molar-refractivity contribution is 5.77. The molecule has 3 aromatic rings. The van der Waals surface area contributed by atoms with E-state index in [1.54, 1.807) is 0 Å². The molecule has 2 heterocycles. The summed E-state index contributed by atoms with van der Waals surface area (Å²) in [5, 5.41) is 13.0. The summed E-state index contributed by atoms with van der Waals surface area (Å²) in [6.07, 6.45) is 1.07. The van der Waals surface area contributed by atoms with Crippen LogP contribution in [0.5, 0.6) is 0 Å². The van der Waals surface area contributed by atoms with Gasteiger partial charge in [-0.1, -0.05) is 12.1 Å². The van der Waals surface area contributed by atoms with E-state index in [9.17, 15) is 5.26 Å². The molecule has 0 aliphatic rings. The Kier molecular flexibility index (Phi) is 4.18. The van der Waals surface area contributed by atoms with Crippen LogP contribution in [-0.4, -0.2) is 37.1 Å². The van der Waals surface area contributed by atoms with Gasteiger partial charge in [-0.15, -0.1) is 0 Å². The number of anilines is 1. The molecule has 0 saturated heterocycles. The summed E-state index contributed by atoms with van der Waals surface area (Å²) in [6, 6.07) is 12.5. The highest BCUT2D eigenvalue weighted by Crippen LogP contribution is 2.19. The van der Waals surface area contributed by atoms with Gasteiger partial charge >= 0.3 is 0 Å². The third-order valence-corrected chi connectivity index (χ3v) is 4.05. The van der Waals surface area contributed by atoms with Gasteiger partial charge < -0.3 is 10.2 Å². The van der Waals surface area contributed by atoms with Crippen LogP contribution < -0.4 is 9.72 Å². The molecule has 2 N–H and O–H groups in total. The number of benzene rings is 1. The lowest BCUT2D eigenvalue weighted by atomic mass is 10.1. The van der Waals surface area contributed by atoms with Gasteiger partial charge in [0.05, 0.1) is 6.54 Å². The van der Waals surface area contributed by atoms with Crippen molar-refractivity contribution in [3.05, 3.63) is 41.5 Å². The SMILES string of the molecule is Cc1cc(NCCCN(C)C)[n+]2c([nH]c3ccccc32)c1C#N. The van der Waals surface area contributed by atoms with Gasteiger partial charge in [0, 0.05) is 12.6 Å². The van der Waals surface area contributed by atoms with Crippen molar-refractivity contribution in [2.75, 3.05) is 32.5 Å².